The van der Waals surface area contributed by atoms with E-state index in [2.05, 4.69) is 52.9 Å². The van der Waals surface area contributed by atoms with Gasteiger partial charge in [0.05, 0.1) is 0 Å². The van der Waals surface area contributed by atoms with Crippen molar-refractivity contribution in [2.24, 2.45) is 5.92 Å². The molecule has 150 valence electrons. The van der Waals surface area contributed by atoms with Gasteiger partial charge in [-0.15, -0.1) is 23.5 Å². The van der Waals surface area contributed by atoms with Crippen LogP contribution in [0.2, 0.25) is 0 Å². The van der Waals surface area contributed by atoms with Crippen molar-refractivity contribution in [3.05, 3.63) is 60.2 Å². The van der Waals surface area contributed by atoms with Gasteiger partial charge in [0.25, 0.3) is 0 Å². The quantitative estimate of drug-likeness (QED) is 0.590. The molecule has 0 atom stereocenters. The van der Waals surface area contributed by atoms with Crippen molar-refractivity contribution < 1.29 is 4.79 Å². The summed E-state index contributed by atoms with van der Waals surface area (Å²) in [5, 5.41) is 3.15. The minimum Gasteiger partial charge on any atom is -0.356 e. The van der Waals surface area contributed by atoms with Crippen LogP contribution < -0.4 is 5.32 Å². The first-order chi connectivity index (χ1) is 13.7. The van der Waals surface area contributed by atoms with Crippen LogP contribution in [-0.4, -0.2) is 42.4 Å². The first kappa shape index (κ1) is 21.3. The van der Waals surface area contributed by atoms with E-state index in [0.717, 1.165) is 31.9 Å². The highest BCUT2D eigenvalue weighted by Crippen LogP contribution is 2.24. The summed E-state index contributed by atoms with van der Waals surface area (Å²) in [6, 6.07) is 19.0. The summed E-state index contributed by atoms with van der Waals surface area (Å²) in [5.41, 5.74) is 1.43. The lowest BCUT2D eigenvalue weighted by atomic mass is 9.96. The maximum atomic E-state index is 12.1. The molecule has 1 aliphatic heterocycles. The molecule has 1 amide bonds. The van der Waals surface area contributed by atoms with E-state index in [1.54, 1.807) is 11.8 Å². The van der Waals surface area contributed by atoms with Crippen molar-refractivity contribution in [2.75, 3.05) is 31.6 Å². The maximum Gasteiger partial charge on any atom is 0.220 e. The highest BCUT2D eigenvalue weighted by Gasteiger charge is 2.20. The summed E-state index contributed by atoms with van der Waals surface area (Å²) >= 11 is 3.57. The van der Waals surface area contributed by atoms with E-state index < -0.39 is 0 Å². The molecule has 1 fully saturated rings. The van der Waals surface area contributed by atoms with Gasteiger partial charge < -0.3 is 5.32 Å². The van der Waals surface area contributed by atoms with Gasteiger partial charge in [-0.05, 0) is 61.9 Å². The molecule has 0 aliphatic carbocycles. The van der Waals surface area contributed by atoms with E-state index in [1.165, 1.54) is 28.2 Å². The third kappa shape index (κ3) is 6.87. The van der Waals surface area contributed by atoms with Gasteiger partial charge in [0.15, 0.2) is 0 Å². The van der Waals surface area contributed by atoms with Crippen LogP contribution in [0.3, 0.4) is 0 Å². The van der Waals surface area contributed by atoms with Crippen molar-refractivity contribution in [3.8, 4) is 0 Å². The molecule has 5 heteroatoms. The molecular formula is C23H30N2OS2. The Morgan fingerprint density at radius 2 is 1.79 bits per heavy atom. The molecule has 0 saturated carbocycles. The fraction of sp³-hybridized carbons (Fsp3) is 0.435. The number of carbonyl (C=O) groups is 1. The van der Waals surface area contributed by atoms with Crippen molar-refractivity contribution in [2.45, 2.75) is 35.6 Å². The number of likely N-dealkylation sites (tertiary alicyclic amines) is 1. The van der Waals surface area contributed by atoms with Crippen LogP contribution in [-0.2, 0) is 11.3 Å². The average Bonchev–Trinajstić information content (AvgIpc) is 2.74. The Kier molecular flexibility index (Phi) is 8.77. The lowest BCUT2D eigenvalue weighted by Gasteiger charge is -2.32. The summed E-state index contributed by atoms with van der Waals surface area (Å²) in [6.07, 6.45) is 5.07. The van der Waals surface area contributed by atoms with Crippen molar-refractivity contribution in [1.29, 1.82) is 0 Å². The fourth-order valence-electron chi connectivity index (χ4n) is 3.55. The van der Waals surface area contributed by atoms with Crippen LogP contribution in [0.15, 0.2) is 64.4 Å². The molecule has 2 aromatic carbocycles. The van der Waals surface area contributed by atoms with E-state index >= 15 is 0 Å². The zero-order valence-electron chi connectivity index (χ0n) is 16.6. The minimum atomic E-state index is 0.180. The summed E-state index contributed by atoms with van der Waals surface area (Å²) in [6.45, 7) is 4.09. The molecule has 1 heterocycles. The minimum absolute atomic E-state index is 0.180. The van der Waals surface area contributed by atoms with Gasteiger partial charge >= 0.3 is 0 Å². The van der Waals surface area contributed by atoms with Gasteiger partial charge in [0, 0.05) is 35.1 Å². The molecule has 28 heavy (non-hydrogen) atoms. The molecule has 0 radical (unpaired) electrons. The Hall–Kier alpha value is -1.43. The number of piperidine rings is 1. The topological polar surface area (TPSA) is 32.3 Å². The molecule has 3 rings (SSSR count). The van der Waals surface area contributed by atoms with Gasteiger partial charge in [-0.1, -0.05) is 36.4 Å². The van der Waals surface area contributed by atoms with E-state index in [-0.39, 0.29) is 5.91 Å². The summed E-state index contributed by atoms with van der Waals surface area (Å²) in [7, 11) is 0. The van der Waals surface area contributed by atoms with E-state index in [4.69, 9.17) is 0 Å². The smallest absolute Gasteiger partial charge is 0.220 e. The molecule has 0 spiro atoms. The molecule has 0 aromatic heterocycles. The SMILES string of the molecule is CSc1ccccc1CN1CCC(CNC(=O)CCSc2ccccc2)CC1. The Morgan fingerprint density at radius 1 is 1.07 bits per heavy atom. The molecule has 1 N–H and O–H groups in total. The highest BCUT2D eigenvalue weighted by atomic mass is 32.2. The number of benzene rings is 2. The molecule has 0 unspecified atom stereocenters. The fourth-order valence-corrected chi connectivity index (χ4v) is 5.03. The number of hydrogen-bond donors (Lipinski definition) is 1. The molecule has 1 aliphatic rings. The highest BCUT2D eigenvalue weighted by molar-refractivity contribution is 7.99. The Balaban J connectivity index is 1.31. The van der Waals surface area contributed by atoms with E-state index in [1.807, 2.05) is 30.0 Å². The van der Waals surface area contributed by atoms with E-state index in [0.29, 0.717) is 12.3 Å². The first-order valence-electron chi connectivity index (χ1n) is 10.0. The largest absolute Gasteiger partial charge is 0.356 e. The summed E-state index contributed by atoms with van der Waals surface area (Å²) in [4.78, 5) is 17.3. The number of amides is 1. The van der Waals surface area contributed by atoms with Crippen LogP contribution >= 0.6 is 23.5 Å². The Bertz CT molecular complexity index is 730. The van der Waals surface area contributed by atoms with E-state index in [9.17, 15) is 4.79 Å². The van der Waals surface area contributed by atoms with Crippen molar-refractivity contribution >= 4 is 29.4 Å². The van der Waals surface area contributed by atoms with Crippen LogP contribution in [0, 0.1) is 5.92 Å². The number of nitrogens with zero attached hydrogens (tertiary/aromatic N) is 1. The lowest BCUT2D eigenvalue weighted by Crippen LogP contribution is -2.38. The predicted octanol–water partition coefficient (Wildman–Crippen LogP) is 4.92. The second-order valence-corrected chi connectivity index (χ2v) is 9.26. The van der Waals surface area contributed by atoms with Crippen LogP contribution in [0.4, 0.5) is 0 Å². The monoisotopic (exact) mass is 414 g/mol. The summed E-state index contributed by atoms with van der Waals surface area (Å²) in [5.74, 6) is 1.63. The molecule has 2 aromatic rings. The Morgan fingerprint density at radius 3 is 2.54 bits per heavy atom. The average molecular weight is 415 g/mol. The molecular weight excluding hydrogens is 384 g/mol. The molecule has 3 nitrogen and oxygen atoms in total. The zero-order chi connectivity index (χ0) is 19.6. The first-order valence-corrected chi connectivity index (χ1v) is 12.2. The summed E-state index contributed by atoms with van der Waals surface area (Å²) < 4.78 is 0. The van der Waals surface area contributed by atoms with Gasteiger partial charge in [-0.3, -0.25) is 9.69 Å². The molecule has 0 bridgehead atoms. The maximum absolute atomic E-state index is 12.1. The zero-order valence-corrected chi connectivity index (χ0v) is 18.2. The number of hydrogen-bond acceptors (Lipinski definition) is 4. The van der Waals surface area contributed by atoms with Crippen molar-refractivity contribution in [3.63, 3.8) is 0 Å². The number of rotatable bonds is 9. The van der Waals surface area contributed by atoms with Gasteiger partial charge in [-0.2, -0.15) is 0 Å². The number of thioether (sulfide) groups is 2. The standard InChI is InChI=1S/C23H30N2OS2/c1-27-22-10-6-5-7-20(22)18-25-14-11-19(12-15-25)17-24-23(26)13-16-28-21-8-3-2-4-9-21/h2-10,19H,11-18H2,1H3,(H,24,26). The van der Waals surface area contributed by atoms with Gasteiger partial charge in [0.2, 0.25) is 5.91 Å². The van der Waals surface area contributed by atoms with Crippen LogP contribution in [0.1, 0.15) is 24.8 Å². The van der Waals surface area contributed by atoms with Gasteiger partial charge in [0.1, 0.15) is 0 Å². The third-order valence-electron chi connectivity index (χ3n) is 5.22. The van der Waals surface area contributed by atoms with Crippen LogP contribution in [0.5, 0.6) is 0 Å². The lowest BCUT2D eigenvalue weighted by molar-refractivity contribution is -0.120. The van der Waals surface area contributed by atoms with Crippen molar-refractivity contribution in [1.82, 2.24) is 10.2 Å². The Labute approximate surface area is 177 Å². The second kappa shape index (κ2) is 11.5. The second-order valence-electron chi connectivity index (χ2n) is 7.25. The number of nitrogens with one attached hydrogen (secondary N) is 1. The van der Waals surface area contributed by atoms with Gasteiger partial charge in [-0.25, -0.2) is 0 Å². The third-order valence-corrected chi connectivity index (χ3v) is 7.07. The van der Waals surface area contributed by atoms with Crippen LogP contribution in [0.25, 0.3) is 0 Å². The normalized spacial score (nSPS) is 15.5. The molecule has 1 saturated heterocycles. The predicted molar refractivity (Wildman–Crippen MR) is 121 cm³/mol. The number of carbonyl (C=O) groups excluding carboxylic acids is 1.